The molecule has 0 saturated carbocycles. The maximum Gasteiger partial charge on any atom is 0.261 e. The van der Waals surface area contributed by atoms with Gasteiger partial charge in [-0.25, -0.2) is 0 Å². The van der Waals surface area contributed by atoms with Crippen LogP contribution in [0.15, 0.2) is 33.7 Å². The molecule has 0 radical (unpaired) electrons. The number of carbonyl (C=O) groups is 2. The van der Waals surface area contributed by atoms with Crippen molar-refractivity contribution in [3.8, 4) is 0 Å². The van der Waals surface area contributed by atoms with Crippen LogP contribution in [0, 0.1) is 0 Å². The molecule has 7 heteroatoms. The Balaban J connectivity index is 1.86. The van der Waals surface area contributed by atoms with Crippen LogP contribution >= 0.6 is 0 Å². The predicted octanol–water partition coefficient (Wildman–Crippen LogP) is 1.26. The number of H-pyrrole nitrogens is 1. The number of ether oxygens (including phenoxy) is 1. The molecule has 0 bridgehead atoms. The van der Waals surface area contributed by atoms with Crippen LogP contribution in [0.4, 0.5) is 0 Å². The molecule has 126 valence electrons. The average Bonchev–Trinajstić information content (AvgIpc) is 3.08. The number of methoxy groups -OCH3 is 1. The smallest absolute Gasteiger partial charge is 0.261 e. The summed E-state index contributed by atoms with van der Waals surface area (Å²) in [5.41, 5.74) is 0.381. The van der Waals surface area contributed by atoms with Gasteiger partial charge in [0.25, 0.3) is 11.5 Å². The summed E-state index contributed by atoms with van der Waals surface area (Å²) in [6.45, 7) is 0.638. The maximum absolute atomic E-state index is 12.4. The molecule has 0 saturated heterocycles. The summed E-state index contributed by atoms with van der Waals surface area (Å²) in [5, 5.41) is 2.58. The molecule has 0 aliphatic heterocycles. The predicted molar refractivity (Wildman–Crippen MR) is 85.4 cm³/mol. The average molecular weight is 330 g/mol. The van der Waals surface area contributed by atoms with Crippen LogP contribution in [0.25, 0.3) is 0 Å². The molecule has 2 aromatic rings. The first kappa shape index (κ1) is 16.2. The second-order valence-corrected chi connectivity index (χ2v) is 5.70. The van der Waals surface area contributed by atoms with E-state index in [0.717, 1.165) is 5.76 Å². The fourth-order valence-electron chi connectivity index (χ4n) is 2.89. The Kier molecular flexibility index (Phi) is 4.61. The number of rotatable bonds is 5. The Morgan fingerprint density at radius 1 is 1.42 bits per heavy atom. The molecule has 1 aliphatic rings. The number of Topliss-reactive ketones (excluding diaryl/α,β-unsaturated/α-hetero) is 1. The first-order valence-electron chi connectivity index (χ1n) is 7.70. The van der Waals surface area contributed by atoms with Crippen LogP contribution in [-0.4, -0.2) is 36.9 Å². The van der Waals surface area contributed by atoms with E-state index in [1.54, 1.807) is 12.3 Å². The molecule has 0 spiro atoms. The topological polar surface area (TPSA) is 101 Å². The van der Waals surface area contributed by atoms with E-state index in [0.29, 0.717) is 30.8 Å². The van der Waals surface area contributed by atoms with Gasteiger partial charge in [0.15, 0.2) is 5.78 Å². The molecule has 2 heterocycles. The number of carbonyl (C=O) groups excluding carboxylic acids is 2. The standard InChI is InChI=1S/C17H18N2O5/c1-23-6-4-18-16(21)12-9-11-13(19-17(12)22)7-10(8-14(11)20)15-3-2-5-24-15/h2-3,5,9-10H,4,6-8H2,1H3,(H,18,21)(H,19,22)/t10-/m0/s1. The van der Waals surface area contributed by atoms with E-state index in [1.807, 2.05) is 6.07 Å². The van der Waals surface area contributed by atoms with Crippen LogP contribution < -0.4 is 10.9 Å². The highest BCUT2D eigenvalue weighted by Gasteiger charge is 2.30. The van der Waals surface area contributed by atoms with Crippen molar-refractivity contribution in [1.82, 2.24) is 10.3 Å². The Labute approximate surface area is 138 Å². The second kappa shape index (κ2) is 6.84. The van der Waals surface area contributed by atoms with Crippen LogP contribution in [0.1, 0.15) is 44.5 Å². The quantitative estimate of drug-likeness (QED) is 0.804. The first-order valence-corrected chi connectivity index (χ1v) is 7.70. The third-order valence-electron chi connectivity index (χ3n) is 4.09. The van der Waals surface area contributed by atoms with Gasteiger partial charge in [0, 0.05) is 37.3 Å². The molecule has 3 rings (SSSR count). The van der Waals surface area contributed by atoms with Gasteiger partial charge in [0.1, 0.15) is 11.3 Å². The van der Waals surface area contributed by atoms with Crippen molar-refractivity contribution in [3.63, 3.8) is 0 Å². The molecule has 0 unspecified atom stereocenters. The number of pyridine rings is 1. The van der Waals surface area contributed by atoms with Gasteiger partial charge < -0.3 is 19.5 Å². The van der Waals surface area contributed by atoms with Crippen LogP contribution in [0.3, 0.4) is 0 Å². The van der Waals surface area contributed by atoms with E-state index in [9.17, 15) is 14.4 Å². The molecule has 1 aliphatic carbocycles. The molecular formula is C17H18N2O5. The lowest BCUT2D eigenvalue weighted by atomic mass is 9.84. The number of aromatic amines is 1. The third-order valence-corrected chi connectivity index (χ3v) is 4.09. The Hall–Kier alpha value is -2.67. The van der Waals surface area contributed by atoms with Gasteiger partial charge in [-0.3, -0.25) is 14.4 Å². The number of hydrogen-bond acceptors (Lipinski definition) is 5. The zero-order chi connectivity index (χ0) is 17.1. The highest BCUT2D eigenvalue weighted by atomic mass is 16.5. The van der Waals surface area contributed by atoms with Crippen molar-refractivity contribution in [1.29, 1.82) is 0 Å². The molecular weight excluding hydrogens is 312 g/mol. The van der Waals surface area contributed by atoms with Crippen LogP contribution in [0.5, 0.6) is 0 Å². The van der Waals surface area contributed by atoms with E-state index in [-0.39, 0.29) is 23.7 Å². The lowest BCUT2D eigenvalue weighted by molar-refractivity contribution is 0.0935. The zero-order valence-corrected chi connectivity index (χ0v) is 13.3. The van der Waals surface area contributed by atoms with Gasteiger partial charge in [-0.15, -0.1) is 0 Å². The van der Waals surface area contributed by atoms with Crippen LogP contribution in [-0.2, 0) is 11.2 Å². The molecule has 7 nitrogen and oxygen atoms in total. The Morgan fingerprint density at radius 3 is 2.96 bits per heavy atom. The number of amides is 1. The summed E-state index contributed by atoms with van der Waals surface area (Å²) in [6.07, 6.45) is 2.35. The van der Waals surface area contributed by atoms with Gasteiger partial charge in [-0.05, 0) is 24.6 Å². The van der Waals surface area contributed by atoms with Crippen LogP contribution in [0.2, 0.25) is 0 Å². The minimum Gasteiger partial charge on any atom is -0.469 e. The molecule has 1 atom stereocenters. The highest BCUT2D eigenvalue weighted by Crippen LogP contribution is 2.31. The number of fused-ring (bicyclic) bond motifs is 1. The van der Waals surface area contributed by atoms with E-state index in [2.05, 4.69) is 10.3 Å². The summed E-state index contributed by atoms with van der Waals surface area (Å²) in [6, 6.07) is 4.97. The minimum absolute atomic E-state index is 0.0605. The molecule has 1 amide bonds. The first-order chi connectivity index (χ1) is 11.6. The van der Waals surface area contributed by atoms with E-state index >= 15 is 0 Å². The third kappa shape index (κ3) is 3.16. The van der Waals surface area contributed by atoms with E-state index in [1.165, 1.54) is 13.2 Å². The summed E-state index contributed by atoms with van der Waals surface area (Å²) in [5.74, 6) is -0.00911. The second-order valence-electron chi connectivity index (χ2n) is 5.70. The normalized spacial score (nSPS) is 16.7. The fraction of sp³-hybridized carbons (Fsp3) is 0.353. The summed E-state index contributed by atoms with van der Waals surface area (Å²) >= 11 is 0. The van der Waals surface area contributed by atoms with Gasteiger partial charge in [0.2, 0.25) is 0 Å². The van der Waals surface area contributed by atoms with Crippen molar-refractivity contribution >= 4 is 11.7 Å². The largest absolute Gasteiger partial charge is 0.469 e. The highest BCUT2D eigenvalue weighted by molar-refractivity contribution is 6.02. The number of aromatic nitrogens is 1. The SMILES string of the molecule is COCCNC(=O)c1cc2c([nH]c1=O)C[C@H](c1ccco1)CC2=O. The summed E-state index contributed by atoms with van der Waals surface area (Å²) in [4.78, 5) is 39.4. The molecule has 0 fully saturated rings. The van der Waals surface area contributed by atoms with Gasteiger partial charge in [-0.1, -0.05) is 0 Å². The maximum atomic E-state index is 12.4. The molecule has 2 N–H and O–H groups in total. The van der Waals surface area contributed by atoms with Crippen molar-refractivity contribution in [3.05, 3.63) is 57.4 Å². The van der Waals surface area contributed by atoms with Crippen molar-refractivity contribution in [2.75, 3.05) is 20.3 Å². The number of nitrogens with one attached hydrogen (secondary N) is 2. The minimum atomic E-state index is -0.517. The van der Waals surface area contributed by atoms with Crippen molar-refractivity contribution in [2.24, 2.45) is 0 Å². The van der Waals surface area contributed by atoms with E-state index in [4.69, 9.17) is 9.15 Å². The number of furan rings is 1. The Morgan fingerprint density at radius 2 is 2.25 bits per heavy atom. The zero-order valence-electron chi connectivity index (χ0n) is 13.3. The molecule has 0 aromatic carbocycles. The van der Waals surface area contributed by atoms with E-state index < -0.39 is 11.5 Å². The molecule has 24 heavy (non-hydrogen) atoms. The fourth-order valence-corrected chi connectivity index (χ4v) is 2.89. The van der Waals surface area contributed by atoms with Crippen molar-refractivity contribution < 1.29 is 18.7 Å². The number of hydrogen-bond donors (Lipinski definition) is 2. The molecule has 2 aromatic heterocycles. The summed E-state index contributed by atoms with van der Waals surface area (Å²) in [7, 11) is 1.52. The van der Waals surface area contributed by atoms with Gasteiger partial charge >= 0.3 is 0 Å². The summed E-state index contributed by atoms with van der Waals surface area (Å²) < 4.78 is 10.2. The number of ketones is 1. The lowest BCUT2D eigenvalue weighted by Crippen LogP contribution is -2.34. The monoisotopic (exact) mass is 330 g/mol. The lowest BCUT2D eigenvalue weighted by Gasteiger charge is -2.22. The van der Waals surface area contributed by atoms with Crippen molar-refractivity contribution in [2.45, 2.75) is 18.8 Å². The van der Waals surface area contributed by atoms with Gasteiger partial charge in [-0.2, -0.15) is 0 Å². The Bertz CT molecular complexity index is 807. The van der Waals surface area contributed by atoms with Gasteiger partial charge in [0.05, 0.1) is 12.9 Å².